The maximum absolute atomic E-state index is 11.4. The van der Waals surface area contributed by atoms with Crippen LogP contribution in [0.2, 0.25) is 0 Å². The summed E-state index contributed by atoms with van der Waals surface area (Å²) in [5, 5.41) is 3.74. The van der Waals surface area contributed by atoms with E-state index in [0.29, 0.717) is 12.3 Å². The fraction of sp³-hybridized carbons (Fsp3) is 0.318. The molecule has 0 radical (unpaired) electrons. The lowest BCUT2D eigenvalue weighted by molar-refractivity contribution is -0.0349. The molecule has 0 bridgehead atoms. The van der Waals surface area contributed by atoms with Crippen molar-refractivity contribution in [3.05, 3.63) is 84.1 Å². The molecule has 0 aliphatic carbocycles. The molecule has 162 valence electrons. The van der Waals surface area contributed by atoms with Gasteiger partial charge in [0.1, 0.15) is 12.2 Å². The summed E-state index contributed by atoms with van der Waals surface area (Å²) in [7, 11) is -2.22. The predicted octanol–water partition coefficient (Wildman–Crippen LogP) is 3.67. The largest absolute Gasteiger partial charge is 0.505 e. The van der Waals surface area contributed by atoms with Crippen LogP contribution in [-0.4, -0.2) is 39.7 Å². The Balaban J connectivity index is 2.23. The van der Waals surface area contributed by atoms with Crippen molar-refractivity contribution in [3.63, 3.8) is 0 Å². The Bertz CT molecular complexity index is 913. The first kappa shape index (κ1) is 23.6. The molecule has 0 saturated heterocycles. The summed E-state index contributed by atoms with van der Waals surface area (Å²) in [6, 6.07) is 19.3. The minimum Gasteiger partial charge on any atom is -0.505 e. The molecule has 0 amide bonds. The number of methoxy groups -OCH3 is 1. The molecule has 0 spiro atoms. The average Bonchev–Trinajstić information content (AvgIpc) is 2.74. The molecule has 0 aromatic heterocycles. The van der Waals surface area contributed by atoms with E-state index in [9.17, 15) is 8.42 Å². The van der Waals surface area contributed by atoms with Crippen LogP contribution >= 0.6 is 0 Å². The minimum absolute atomic E-state index is 0.281. The Morgan fingerprint density at radius 3 is 2.00 bits per heavy atom. The van der Waals surface area contributed by atoms with Crippen LogP contribution in [0.25, 0.3) is 0 Å². The summed E-state index contributed by atoms with van der Waals surface area (Å²) in [4.78, 5) is 0. The average molecular weight is 434 g/mol. The molecule has 0 aliphatic rings. The molecule has 2 aromatic carbocycles. The summed E-state index contributed by atoms with van der Waals surface area (Å²) in [5.74, 6) is 0. The van der Waals surface area contributed by atoms with Crippen LogP contribution in [0.4, 0.5) is 0 Å². The molecule has 0 saturated carbocycles. The van der Waals surface area contributed by atoms with Crippen LogP contribution in [0, 0.1) is 0 Å². The lowest BCUT2D eigenvalue weighted by Gasteiger charge is -2.25. The Morgan fingerprint density at radius 2 is 1.50 bits per heavy atom. The second kappa shape index (κ2) is 12.1. The Morgan fingerprint density at radius 1 is 0.967 bits per heavy atom. The van der Waals surface area contributed by atoms with E-state index in [1.807, 2.05) is 60.7 Å². The van der Waals surface area contributed by atoms with Crippen molar-refractivity contribution in [2.24, 2.45) is 5.16 Å². The minimum atomic E-state index is -3.74. The number of ether oxygens (including phenoxy) is 3. The molecule has 0 unspecified atom stereocenters. The second-order valence-electron chi connectivity index (χ2n) is 6.55. The first-order valence-corrected chi connectivity index (χ1v) is 11.1. The highest BCUT2D eigenvalue weighted by molar-refractivity contribution is 7.85. The highest BCUT2D eigenvalue weighted by Gasteiger charge is 2.25. The van der Waals surface area contributed by atoms with Gasteiger partial charge in [0, 0.05) is 0 Å². The van der Waals surface area contributed by atoms with E-state index in [0.717, 1.165) is 17.4 Å². The summed E-state index contributed by atoms with van der Waals surface area (Å²) in [6.07, 6.45) is 2.80. The molecule has 2 rings (SSSR count). The Hall–Kier alpha value is -2.68. The van der Waals surface area contributed by atoms with Gasteiger partial charge in [-0.3, -0.25) is 4.28 Å². The monoisotopic (exact) mass is 433 g/mol. The van der Waals surface area contributed by atoms with Gasteiger partial charge in [0.15, 0.2) is 0 Å². The third-order valence-electron chi connectivity index (χ3n) is 3.99. The maximum Gasteiger partial charge on any atom is 0.325 e. The van der Waals surface area contributed by atoms with Crippen LogP contribution in [0.5, 0.6) is 0 Å². The Kier molecular flexibility index (Phi) is 9.53. The van der Waals surface area contributed by atoms with Crippen molar-refractivity contribution in [2.45, 2.75) is 32.3 Å². The smallest absolute Gasteiger partial charge is 0.325 e. The van der Waals surface area contributed by atoms with E-state index in [1.165, 1.54) is 13.4 Å². The molecule has 7 nitrogen and oxygen atoms in total. The number of oxime groups is 1. The summed E-state index contributed by atoms with van der Waals surface area (Å²) < 4.78 is 44.5. The van der Waals surface area contributed by atoms with E-state index in [4.69, 9.17) is 14.2 Å². The number of benzene rings is 2. The first-order chi connectivity index (χ1) is 14.4. The van der Waals surface area contributed by atoms with Gasteiger partial charge < -0.3 is 14.2 Å². The van der Waals surface area contributed by atoms with E-state index in [-0.39, 0.29) is 6.61 Å². The van der Waals surface area contributed by atoms with Gasteiger partial charge in [-0.05, 0) is 24.1 Å². The quantitative estimate of drug-likeness (QED) is 0.289. The molecule has 8 heteroatoms. The molecule has 30 heavy (non-hydrogen) atoms. The van der Waals surface area contributed by atoms with Crippen LogP contribution in [0.1, 0.15) is 18.1 Å². The maximum atomic E-state index is 11.4. The zero-order chi connectivity index (χ0) is 21.8. The van der Waals surface area contributed by atoms with Gasteiger partial charge in [-0.1, -0.05) is 65.8 Å². The van der Waals surface area contributed by atoms with Gasteiger partial charge in [-0.15, -0.1) is 0 Å². The molecule has 0 heterocycles. The van der Waals surface area contributed by atoms with E-state index in [1.54, 1.807) is 13.0 Å². The van der Waals surface area contributed by atoms with Gasteiger partial charge in [0.25, 0.3) is 0 Å². The second-order valence-corrected chi connectivity index (χ2v) is 8.11. The van der Waals surface area contributed by atoms with Crippen LogP contribution in [0.3, 0.4) is 0 Å². The number of hydrogen-bond donors (Lipinski definition) is 0. The number of rotatable bonds is 12. The first-order valence-electron chi connectivity index (χ1n) is 9.32. The zero-order valence-corrected chi connectivity index (χ0v) is 18.1. The lowest BCUT2D eigenvalue weighted by Crippen LogP contribution is -2.36. The van der Waals surface area contributed by atoms with E-state index < -0.39 is 22.3 Å². The van der Waals surface area contributed by atoms with Crippen molar-refractivity contribution in [2.75, 3.05) is 13.4 Å². The molecule has 0 aliphatic heterocycles. The van der Waals surface area contributed by atoms with Gasteiger partial charge >= 0.3 is 10.1 Å². The molecule has 0 N–H and O–H groups in total. The number of hydrogen-bond acceptors (Lipinski definition) is 7. The van der Waals surface area contributed by atoms with Crippen molar-refractivity contribution in [1.82, 2.24) is 0 Å². The van der Waals surface area contributed by atoms with Crippen LogP contribution < -0.4 is 0 Å². The van der Waals surface area contributed by atoms with Crippen molar-refractivity contribution in [1.29, 1.82) is 0 Å². The highest BCUT2D eigenvalue weighted by atomic mass is 32.2. The summed E-state index contributed by atoms with van der Waals surface area (Å²) in [5.41, 5.74) is 2.25. The molecular formula is C22H27NO6S. The van der Waals surface area contributed by atoms with Gasteiger partial charge in [-0.25, -0.2) is 0 Å². The molecule has 2 aromatic rings. The zero-order valence-electron chi connectivity index (χ0n) is 17.3. The molecule has 0 fully saturated rings. The summed E-state index contributed by atoms with van der Waals surface area (Å²) >= 11 is 0. The third kappa shape index (κ3) is 8.77. The Labute approximate surface area is 178 Å². The van der Waals surface area contributed by atoms with Gasteiger partial charge in [0.05, 0.1) is 38.6 Å². The van der Waals surface area contributed by atoms with E-state index >= 15 is 0 Å². The van der Waals surface area contributed by atoms with Crippen molar-refractivity contribution >= 4 is 15.8 Å². The molecule has 2 atom stereocenters. The SMILES string of the molecule is CO/C=C/[C@H](OCc1ccccc1)[C@@H](OCc1ccccc1)/C(C)=N/OS(C)(=O)=O. The number of nitrogens with zero attached hydrogens (tertiary/aromatic N) is 1. The fourth-order valence-corrected chi connectivity index (χ4v) is 2.81. The third-order valence-corrected chi connectivity index (χ3v) is 4.33. The standard InChI is InChI=1S/C22H27NO6S/c1-18(23-29-30(3,24)25)22(28-17-20-12-8-5-9-13-20)21(14-15-26-2)27-16-19-10-6-4-7-11-19/h4-15,21-22H,16-17H2,1-3H3/b15-14+,23-18+/t21-,22-/m0/s1. The fourth-order valence-electron chi connectivity index (χ4n) is 2.56. The van der Waals surface area contributed by atoms with Crippen LogP contribution in [0.15, 0.2) is 78.2 Å². The van der Waals surface area contributed by atoms with Gasteiger partial charge in [0.2, 0.25) is 0 Å². The predicted molar refractivity (Wildman–Crippen MR) is 115 cm³/mol. The lowest BCUT2D eigenvalue weighted by atomic mass is 10.1. The summed E-state index contributed by atoms with van der Waals surface area (Å²) in [6.45, 7) is 2.23. The normalized spacial score (nSPS) is 14.4. The van der Waals surface area contributed by atoms with Crippen molar-refractivity contribution < 1.29 is 26.9 Å². The topological polar surface area (TPSA) is 83.4 Å². The molecular weight excluding hydrogens is 406 g/mol. The van der Waals surface area contributed by atoms with Crippen LogP contribution in [-0.2, 0) is 41.8 Å². The van der Waals surface area contributed by atoms with E-state index in [2.05, 4.69) is 9.44 Å². The van der Waals surface area contributed by atoms with Gasteiger partial charge in [-0.2, -0.15) is 8.42 Å². The van der Waals surface area contributed by atoms with Crippen molar-refractivity contribution in [3.8, 4) is 0 Å². The highest BCUT2D eigenvalue weighted by Crippen LogP contribution is 2.15.